The zero-order chi connectivity index (χ0) is 20.7. The number of rotatable bonds is 7. The zero-order valence-electron chi connectivity index (χ0n) is 16.1. The number of benzene rings is 2. The molecule has 2 amide bonds. The van der Waals surface area contributed by atoms with Gasteiger partial charge in [-0.2, -0.15) is 0 Å². The Bertz CT molecular complexity index is 876. The highest BCUT2D eigenvalue weighted by atomic mass is 79.9. The summed E-state index contributed by atoms with van der Waals surface area (Å²) in [4.78, 5) is 35.8. The van der Waals surface area contributed by atoms with Crippen molar-refractivity contribution in [2.24, 2.45) is 0 Å². The summed E-state index contributed by atoms with van der Waals surface area (Å²) in [5, 5.41) is 5.50. The summed E-state index contributed by atoms with van der Waals surface area (Å²) in [6.07, 6.45) is -0.120. The molecule has 0 aliphatic carbocycles. The molecule has 0 spiro atoms. The van der Waals surface area contributed by atoms with Crippen LogP contribution in [0.1, 0.15) is 29.5 Å². The normalized spacial score (nSPS) is 10.3. The number of anilines is 2. The van der Waals surface area contributed by atoms with Crippen LogP contribution in [0.2, 0.25) is 0 Å². The molecular formula is C21H23BrN2O4. The summed E-state index contributed by atoms with van der Waals surface area (Å²) in [6.45, 7) is 5.27. The van der Waals surface area contributed by atoms with E-state index in [4.69, 9.17) is 4.74 Å². The summed E-state index contributed by atoms with van der Waals surface area (Å²) in [7, 11) is 0. The van der Waals surface area contributed by atoms with Crippen LogP contribution in [0.15, 0.2) is 40.9 Å². The first-order valence-corrected chi connectivity index (χ1v) is 9.63. The summed E-state index contributed by atoms with van der Waals surface area (Å²) in [5.74, 6) is -1.30. The van der Waals surface area contributed by atoms with Gasteiger partial charge in [-0.15, -0.1) is 0 Å². The predicted octanol–water partition coefficient (Wildman–Crippen LogP) is 4.27. The van der Waals surface area contributed by atoms with E-state index in [0.717, 1.165) is 21.2 Å². The zero-order valence-corrected chi connectivity index (χ0v) is 17.7. The second kappa shape index (κ2) is 10.0. The molecule has 0 aliphatic rings. The number of aryl methyl sites for hydroxylation is 3. The van der Waals surface area contributed by atoms with E-state index in [9.17, 15) is 14.4 Å². The molecule has 0 heterocycles. The van der Waals surface area contributed by atoms with Crippen molar-refractivity contribution in [3.8, 4) is 0 Å². The van der Waals surface area contributed by atoms with E-state index < -0.39 is 11.9 Å². The molecule has 7 heteroatoms. The van der Waals surface area contributed by atoms with Crippen LogP contribution in [0.5, 0.6) is 0 Å². The lowest BCUT2D eigenvalue weighted by atomic mass is 10.1. The maximum Gasteiger partial charge on any atom is 0.306 e. The van der Waals surface area contributed by atoms with Gasteiger partial charge in [0.2, 0.25) is 5.91 Å². The van der Waals surface area contributed by atoms with Crippen molar-refractivity contribution in [2.45, 2.75) is 33.6 Å². The third-order valence-corrected chi connectivity index (χ3v) is 4.62. The van der Waals surface area contributed by atoms with Gasteiger partial charge in [-0.25, -0.2) is 0 Å². The fourth-order valence-corrected chi connectivity index (χ4v) is 3.08. The summed E-state index contributed by atoms with van der Waals surface area (Å²) in [6, 6.07) is 11.2. The van der Waals surface area contributed by atoms with Gasteiger partial charge in [-0.3, -0.25) is 14.4 Å². The maximum absolute atomic E-state index is 12.0. The summed E-state index contributed by atoms with van der Waals surface area (Å²) >= 11 is 3.36. The average molecular weight is 447 g/mol. The Morgan fingerprint density at radius 3 is 2.21 bits per heavy atom. The fraction of sp³-hybridized carbons (Fsp3) is 0.286. The molecule has 2 N–H and O–H groups in total. The van der Waals surface area contributed by atoms with Gasteiger partial charge >= 0.3 is 5.97 Å². The molecule has 0 atom stereocenters. The molecule has 0 bridgehead atoms. The van der Waals surface area contributed by atoms with Crippen molar-refractivity contribution in [2.75, 3.05) is 17.2 Å². The lowest BCUT2D eigenvalue weighted by molar-refractivity contribution is -0.147. The predicted molar refractivity (Wildman–Crippen MR) is 112 cm³/mol. The highest BCUT2D eigenvalue weighted by Gasteiger charge is 2.13. The van der Waals surface area contributed by atoms with Gasteiger partial charge in [0.15, 0.2) is 6.61 Å². The molecule has 28 heavy (non-hydrogen) atoms. The van der Waals surface area contributed by atoms with Crippen molar-refractivity contribution < 1.29 is 19.1 Å². The van der Waals surface area contributed by atoms with Gasteiger partial charge in [0.1, 0.15) is 0 Å². The number of hydrogen-bond donors (Lipinski definition) is 2. The van der Waals surface area contributed by atoms with Crippen LogP contribution in [0.25, 0.3) is 0 Å². The van der Waals surface area contributed by atoms with E-state index in [1.54, 1.807) is 6.07 Å². The fourth-order valence-electron chi connectivity index (χ4n) is 2.60. The largest absolute Gasteiger partial charge is 0.456 e. The second-order valence-electron chi connectivity index (χ2n) is 6.48. The van der Waals surface area contributed by atoms with Crippen molar-refractivity contribution in [3.05, 3.63) is 57.6 Å². The number of hydrogen-bond acceptors (Lipinski definition) is 4. The van der Waals surface area contributed by atoms with Gasteiger partial charge in [0, 0.05) is 22.3 Å². The smallest absolute Gasteiger partial charge is 0.306 e. The summed E-state index contributed by atoms with van der Waals surface area (Å²) in [5.41, 5.74) is 4.18. The minimum Gasteiger partial charge on any atom is -0.456 e. The molecule has 2 rings (SSSR count). The van der Waals surface area contributed by atoms with Crippen LogP contribution in [0.3, 0.4) is 0 Å². The number of nitrogens with one attached hydrogen (secondary N) is 2. The van der Waals surface area contributed by atoms with Gasteiger partial charge in [0.05, 0.1) is 6.42 Å². The Morgan fingerprint density at radius 2 is 1.57 bits per heavy atom. The third kappa shape index (κ3) is 6.49. The van der Waals surface area contributed by atoms with Crippen LogP contribution in [-0.4, -0.2) is 24.4 Å². The number of esters is 1. The van der Waals surface area contributed by atoms with E-state index in [0.29, 0.717) is 11.4 Å². The van der Waals surface area contributed by atoms with E-state index >= 15 is 0 Å². The number of para-hydroxylation sites is 1. The SMILES string of the molecule is Cc1cc(Br)ccc1NC(=O)CCC(=O)OCC(=O)Nc1c(C)cccc1C. The highest BCUT2D eigenvalue weighted by Crippen LogP contribution is 2.20. The summed E-state index contributed by atoms with van der Waals surface area (Å²) < 4.78 is 5.88. The minimum atomic E-state index is -0.598. The third-order valence-electron chi connectivity index (χ3n) is 4.13. The van der Waals surface area contributed by atoms with Crippen LogP contribution in [0.4, 0.5) is 11.4 Å². The molecule has 6 nitrogen and oxygen atoms in total. The van der Waals surface area contributed by atoms with Crippen molar-refractivity contribution in [1.29, 1.82) is 0 Å². The first-order chi connectivity index (χ1) is 13.3. The molecule has 2 aromatic carbocycles. The van der Waals surface area contributed by atoms with Crippen molar-refractivity contribution in [1.82, 2.24) is 0 Å². The second-order valence-corrected chi connectivity index (χ2v) is 7.40. The number of amides is 2. The van der Waals surface area contributed by atoms with E-state index in [1.807, 2.05) is 51.1 Å². The molecule has 0 fully saturated rings. The Balaban J connectivity index is 1.74. The molecule has 0 aliphatic heterocycles. The number of ether oxygens (including phenoxy) is 1. The lowest BCUT2D eigenvalue weighted by Gasteiger charge is -2.11. The number of carbonyl (C=O) groups excluding carboxylic acids is 3. The first kappa shape index (κ1) is 21.6. The van der Waals surface area contributed by atoms with Crippen LogP contribution < -0.4 is 10.6 Å². The maximum atomic E-state index is 12.0. The van der Waals surface area contributed by atoms with Crippen LogP contribution in [0, 0.1) is 20.8 Å². The topological polar surface area (TPSA) is 84.5 Å². The minimum absolute atomic E-state index is 0.0210. The van der Waals surface area contributed by atoms with Gasteiger partial charge in [0.25, 0.3) is 5.91 Å². The van der Waals surface area contributed by atoms with E-state index in [-0.39, 0.29) is 25.4 Å². The molecule has 0 radical (unpaired) electrons. The van der Waals surface area contributed by atoms with E-state index in [1.165, 1.54) is 0 Å². The van der Waals surface area contributed by atoms with Gasteiger partial charge in [-0.05, 0) is 55.7 Å². The molecule has 0 saturated heterocycles. The first-order valence-electron chi connectivity index (χ1n) is 8.84. The number of halogens is 1. The van der Waals surface area contributed by atoms with Crippen molar-refractivity contribution >= 4 is 45.1 Å². The van der Waals surface area contributed by atoms with Gasteiger partial charge in [-0.1, -0.05) is 34.1 Å². The van der Waals surface area contributed by atoms with Crippen LogP contribution in [-0.2, 0) is 19.1 Å². The standard InChI is InChI=1S/C21H23BrN2O4/c1-13-5-4-6-14(2)21(13)24-19(26)12-28-20(27)10-9-18(25)23-17-8-7-16(22)11-15(17)3/h4-8,11H,9-10,12H2,1-3H3,(H,23,25)(H,24,26). The Labute approximate surface area is 172 Å². The Morgan fingerprint density at radius 1 is 0.893 bits per heavy atom. The average Bonchev–Trinajstić information content (AvgIpc) is 2.64. The van der Waals surface area contributed by atoms with Crippen LogP contribution >= 0.6 is 15.9 Å². The Hall–Kier alpha value is -2.67. The molecular weight excluding hydrogens is 424 g/mol. The van der Waals surface area contributed by atoms with Crippen molar-refractivity contribution in [3.63, 3.8) is 0 Å². The molecule has 0 unspecified atom stereocenters. The lowest BCUT2D eigenvalue weighted by Crippen LogP contribution is -2.22. The van der Waals surface area contributed by atoms with E-state index in [2.05, 4.69) is 26.6 Å². The monoisotopic (exact) mass is 446 g/mol. The molecule has 0 aromatic heterocycles. The highest BCUT2D eigenvalue weighted by molar-refractivity contribution is 9.10. The van der Waals surface area contributed by atoms with Gasteiger partial charge < -0.3 is 15.4 Å². The quantitative estimate of drug-likeness (QED) is 0.621. The molecule has 148 valence electrons. The molecule has 2 aromatic rings. The molecule has 0 saturated carbocycles. The number of carbonyl (C=O) groups is 3. The Kier molecular flexibility index (Phi) is 7.75.